The number of nitrogens with one attached hydrogen (secondary N) is 2. The van der Waals surface area contributed by atoms with Gasteiger partial charge in [-0.3, -0.25) is 4.79 Å². The predicted molar refractivity (Wildman–Crippen MR) is 93.5 cm³/mol. The Morgan fingerprint density at radius 2 is 1.96 bits per heavy atom. The normalized spacial score (nSPS) is 29.9. The van der Waals surface area contributed by atoms with E-state index >= 15 is 0 Å². The summed E-state index contributed by atoms with van der Waals surface area (Å²) in [5, 5.41) is 8.74. The lowest BCUT2D eigenvalue weighted by atomic mass is 9.69. The molecule has 0 radical (unpaired) electrons. The van der Waals surface area contributed by atoms with Crippen LogP contribution in [0.2, 0.25) is 0 Å². The van der Waals surface area contributed by atoms with Crippen LogP contribution in [0.15, 0.2) is 42.5 Å². The van der Waals surface area contributed by atoms with Crippen molar-refractivity contribution in [3.8, 4) is 0 Å². The number of piperidine rings is 1. The molecule has 2 aromatic rings. The highest BCUT2D eigenvalue weighted by Gasteiger charge is 2.48. The number of rotatable bonds is 3. The van der Waals surface area contributed by atoms with Crippen molar-refractivity contribution >= 4 is 16.7 Å². The lowest BCUT2D eigenvalue weighted by Crippen LogP contribution is -2.58. The molecule has 1 saturated carbocycles. The Morgan fingerprint density at radius 1 is 1.17 bits per heavy atom. The van der Waals surface area contributed by atoms with Gasteiger partial charge in [0.05, 0.1) is 11.5 Å². The van der Waals surface area contributed by atoms with Crippen molar-refractivity contribution in [1.29, 1.82) is 0 Å². The van der Waals surface area contributed by atoms with Gasteiger partial charge in [0.25, 0.3) is 0 Å². The molecular weight excluding hydrogens is 303 g/mol. The summed E-state index contributed by atoms with van der Waals surface area (Å²) in [5.74, 6) is 0.0475. The van der Waals surface area contributed by atoms with Gasteiger partial charge in [0.1, 0.15) is 6.17 Å². The first kappa shape index (κ1) is 15.6. The number of fused-ring (bicyclic) bond motifs is 1. The van der Waals surface area contributed by atoms with E-state index in [2.05, 4.69) is 28.8 Å². The van der Waals surface area contributed by atoms with Crippen molar-refractivity contribution in [2.75, 3.05) is 13.1 Å². The third-order valence-corrected chi connectivity index (χ3v) is 5.48. The topological polar surface area (TPSA) is 41.1 Å². The molecule has 126 valence electrons. The summed E-state index contributed by atoms with van der Waals surface area (Å²) >= 11 is 0. The smallest absolute Gasteiger partial charge is 0.225 e. The zero-order valence-corrected chi connectivity index (χ0v) is 13.7. The van der Waals surface area contributed by atoms with E-state index in [0.29, 0.717) is 12.8 Å². The number of carbonyl (C=O) groups is 1. The minimum atomic E-state index is -0.839. The standard InChI is InChI=1S/C20H23FN2O/c21-16-11-20(12-16,23-19(24)15-7-4-10-22-13-15)18-9-3-6-14-5-1-2-8-17(14)18/h1-3,5-6,8-9,15-16,22H,4,7,10-13H2,(H,23,24). The van der Waals surface area contributed by atoms with Crippen LogP contribution in [-0.2, 0) is 10.3 Å². The summed E-state index contributed by atoms with van der Waals surface area (Å²) in [4.78, 5) is 12.7. The third kappa shape index (κ3) is 2.69. The molecule has 1 unspecified atom stereocenters. The van der Waals surface area contributed by atoms with Gasteiger partial charge in [-0.1, -0.05) is 42.5 Å². The zero-order chi connectivity index (χ0) is 16.6. The zero-order valence-electron chi connectivity index (χ0n) is 13.7. The van der Waals surface area contributed by atoms with E-state index in [4.69, 9.17) is 0 Å². The Bertz CT molecular complexity index is 743. The van der Waals surface area contributed by atoms with Gasteiger partial charge in [0.2, 0.25) is 5.91 Å². The summed E-state index contributed by atoms with van der Waals surface area (Å²) in [6, 6.07) is 14.2. The van der Waals surface area contributed by atoms with E-state index in [1.54, 1.807) is 0 Å². The molecule has 24 heavy (non-hydrogen) atoms. The van der Waals surface area contributed by atoms with Gasteiger partial charge in [-0.2, -0.15) is 0 Å². The van der Waals surface area contributed by atoms with Crippen molar-refractivity contribution in [1.82, 2.24) is 10.6 Å². The van der Waals surface area contributed by atoms with Crippen LogP contribution in [0, 0.1) is 5.92 Å². The van der Waals surface area contributed by atoms with Crippen molar-refractivity contribution in [3.05, 3.63) is 48.0 Å². The molecule has 1 saturated heterocycles. The first-order valence-electron chi connectivity index (χ1n) is 8.83. The van der Waals surface area contributed by atoms with Crippen molar-refractivity contribution in [3.63, 3.8) is 0 Å². The summed E-state index contributed by atoms with van der Waals surface area (Å²) in [7, 11) is 0. The molecule has 0 aromatic heterocycles. The number of benzene rings is 2. The van der Waals surface area contributed by atoms with Gasteiger partial charge < -0.3 is 10.6 Å². The highest BCUT2D eigenvalue weighted by molar-refractivity contribution is 5.88. The van der Waals surface area contributed by atoms with E-state index in [1.165, 1.54) is 0 Å². The van der Waals surface area contributed by atoms with Crippen LogP contribution in [0.5, 0.6) is 0 Å². The van der Waals surface area contributed by atoms with Crippen LogP contribution >= 0.6 is 0 Å². The molecule has 3 nitrogen and oxygen atoms in total. The molecule has 2 fully saturated rings. The lowest BCUT2D eigenvalue weighted by Gasteiger charge is -2.46. The molecule has 2 N–H and O–H groups in total. The average molecular weight is 326 g/mol. The fourth-order valence-corrected chi connectivity index (χ4v) is 4.14. The van der Waals surface area contributed by atoms with Crippen LogP contribution in [0.3, 0.4) is 0 Å². The van der Waals surface area contributed by atoms with Crippen LogP contribution in [-0.4, -0.2) is 25.2 Å². The maximum atomic E-state index is 13.8. The van der Waals surface area contributed by atoms with Crippen molar-refractivity contribution < 1.29 is 9.18 Å². The SMILES string of the molecule is O=C(NC1(c2cccc3ccccc23)CC(F)C1)C1CCCNC1. The highest BCUT2D eigenvalue weighted by Crippen LogP contribution is 2.45. The predicted octanol–water partition coefficient (Wildman–Crippen LogP) is 3.28. The number of alkyl halides is 1. The number of carbonyl (C=O) groups excluding carboxylic acids is 1. The molecule has 2 aromatic carbocycles. The Morgan fingerprint density at radius 3 is 2.71 bits per heavy atom. The number of halogens is 1. The minimum Gasteiger partial charge on any atom is -0.346 e. The van der Waals surface area contributed by atoms with E-state index in [0.717, 1.165) is 42.3 Å². The Balaban J connectivity index is 1.66. The lowest BCUT2D eigenvalue weighted by molar-refractivity contribution is -0.129. The van der Waals surface area contributed by atoms with E-state index < -0.39 is 11.7 Å². The molecule has 1 atom stereocenters. The monoisotopic (exact) mass is 326 g/mol. The molecule has 4 rings (SSSR count). The van der Waals surface area contributed by atoms with Crippen molar-refractivity contribution in [2.24, 2.45) is 5.92 Å². The Kier molecular flexibility index (Phi) is 4.01. The second kappa shape index (κ2) is 6.17. The van der Waals surface area contributed by atoms with Gasteiger partial charge in [0.15, 0.2) is 0 Å². The van der Waals surface area contributed by atoms with Crippen LogP contribution in [0.4, 0.5) is 4.39 Å². The quantitative estimate of drug-likeness (QED) is 0.909. The second-order valence-corrected chi connectivity index (χ2v) is 7.15. The molecule has 1 heterocycles. The molecule has 0 bridgehead atoms. The average Bonchev–Trinajstić information content (AvgIpc) is 2.60. The summed E-state index contributed by atoms with van der Waals surface area (Å²) in [5.41, 5.74) is 0.487. The third-order valence-electron chi connectivity index (χ3n) is 5.48. The van der Waals surface area contributed by atoms with E-state index in [-0.39, 0.29) is 11.8 Å². The Hall–Kier alpha value is -1.94. The maximum absolute atomic E-state index is 13.8. The fourth-order valence-electron chi connectivity index (χ4n) is 4.14. The molecule has 4 heteroatoms. The number of amides is 1. The van der Waals surface area contributed by atoms with Gasteiger partial charge in [0, 0.05) is 19.4 Å². The number of hydrogen-bond donors (Lipinski definition) is 2. The van der Waals surface area contributed by atoms with E-state index in [9.17, 15) is 9.18 Å². The molecule has 2 aliphatic rings. The molecule has 1 amide bonds. The number of hydrogen-bond acceptors (Lipinski definition) is 2. The Labute approximate surface area is 141 Å². The highest BCUT2D eigenvalue weighted by atomic mass is 19.1. The molecule has 1 aliphatic carbocycles. The first-order chi connectivity index (χ1) is 11.7. The summed E-state index contributed by atoms with van der Waals surface area (Å²) in [6.07, 6.45) is 1.82. The van der Waals surface area contributed by atoms with Gasteiger partial charge in [-0.15, -0.1) is 0 Å². The van der Waals surface area contributed by atoms with Gasteiger partial charge in [-0.25, -0.2) is 4.39 Å². The molecule has 1 aliphatic heterocycles. The van der Waals surface area contributed by atoms with Gasteiger partial charge >= 0.3 is 0 Å². The van der Waals surface area contributed by atoms with Crippen molar-refractivity contribution in [2.45, 2.75) is 37.4 Å². The van der Waals surface area contributed by atoms with Crippen LogP contribution in [0.1, 0.15) is 31.2 Å². The summed E-state index contributed by atoms with van der Waals surface area (Å²) < 4.78 is 13.8. The fraction of sp³-hybridized carbons (Fsp3) is 0.450. The molecular formula is C20H23FN2O. The van der Waals surface area contributed by atoms with Crippen LogP contribution in [0.25, 0.3) is 10.8 Å². The minimum absolute atomic E-state index is 0.00994. The van der Waals surface area contributed by atoms with Crippen LogP contribution < -0.4 is 10.6 Å². The summed E-state index contributed by atoms with van der Waals surface area (Å²) in [6.45, 7) is 1.70. The molecule has 0 spiro atoms. The van der Waals surface area contributed by atoms with E-state index in [1.807, 2.05) is 24.3 Å². The second-order valence-electron chi connectivity index (χ2n) is 7.15. The maximum Gasteiger partial charge on any atom is 0.225 e. The van der Waals surface area contributed by atoms with Gasteiger partial charge in [-0.05, 0) is 35.7 Å². The largest absolute Gasteiger partial charge is 0.346 e. The first-order valence-corrected chi connectivity index (χ1v) is 8.83.